The maximum absolute atomic E-state index is 13.7. The molecule has 0 unspecified atom stereocenters. The Morgan fingerprint density at radius 1 is 1.10 bits per heavy atom. The van der Waals surface area contributed by atoms with Gasteiger partial charge < -0.3 is 0 Å². The number of benzene rings is 2. The average Bonchev–Trinajstić information content (AvgIpc) is 2.41. The van der Waals surface area contributed by atoms with Crippen molar-refractivity contribution < 1.29 is 18.0 Å². The second kappa shape index (κ2) is 5.97. The van der Waals surface area contributed by atoms with E-state index in [1.165, 1.54) is 18.2 Å². The van der Waals surface area contributed by atoms with Gasteiger partial charge in [-0.25, -0.2) is 13.2 Å². The lowest BCUT2D eigenvalue weighted by Gasteiger charge is -2.07. The van der Waals surface area contributed by atoms with E-state index in [9.17, 15) is 18.0 Å². The zero-order chi connectivity index (χ0) is 14.9. The zero-order valence-corrected chi connectivity index (χ0v) is 12.2. The molecule has 20 heavy (non-hydrogen) atoms. The molecule has 0 aliphatic rings. The number of ketones is 1. The Balaban J connectivity index is 2.34. The highest BCUT2D eigenvalue weighted by molar-refractivity contribution is 9.10. The summed E-state index contributed by atoms with van der Waals surface area (Å²) in [4.78, 5) is 12.0. The van der Waals surface area contributed by atoms with Gasteiger partial charge in [-0.2, -0.15) is 0 Å². The van der Waals surface area contributed by atoms with Crippen molar-refractivity contribution in [3.63, 3.8) is 0 Å². The van der Waals surface area contributed by atoms with Crippen LogP contribution in [-0.2, 0) is 6.42 Å². The largest absolute Gasteiger partial charge is 0.294 e. The normalized spacial score (nSPS) is 10.7. The van der Waals surface area contributed by atoms with Crippen LogP contribution in [0.15, 0.2) is 34.8 Å². The third-order valence-electron chi connectivity index (χ3n) is 2.72. The van der Waals surface area contributed by atoms with Crippen LogP contribution in [-0.4, -0.2) is 5.78 Å². The van der Waals surface area contributed by atoms with Crippen LogP contribution >= 0.6 is 27.5 Å². The van der Waals surface area contributed by atoms with Gasteiger partial charge in [0.15, 0.2) is 17.4 Å². The molecular weight excluding hydrogens is 357 g/mol. The first kappa shape index (κ1) is 15.1. The highest BCUT2D eigenvalue weighted by atomic mass is 79.9. The number of hydrogen-bond acceptors (Lipinski definition) is 1. The number of halogens is 5. The van der Waals surface area contributed by atoms with Crippen LogP contribution in [0.25, 0.3) is 0 Å². The molecule has 104 valence electrons. The maximum atomic E-state index is 13.7. The molecule has 0 radical (unpaired) electrons. The first-order chi connectivity index (χ1) is 9.41. The lowest BCUT2D eigenvalue weighted by atomic mass is 10.0. The van der Waals surface area contributed by atoms with E-state index in [2.05, 4.69) is 15.9 Å². The minimum absolute atomic E-state index is 0.0525. The third kappa shape index (κ3) is 2.88. The second-order valence-electron chi connectivity index (χ2n) is 4.04. The van der Waals surface area contributed by atoms with E-state index in [0.29, 0.717) is 0 Å². The van der Waals surface area contributed by atoms with Crippen molar-refractivity contribution >= 4 is 33.3 Å². The first-order valence-electron chi connectivity index (χ1n) is 5.51. The minimum atomic E-state index is -1.15. The number of Topliss-reactive ketones (excluding diaryl/α,β-unsaturated/α-hetero) is 1. The lowest BCUT2D eigenvalue weighted by molar-refractivity contribution is 0.0990. The predicted molar refractivity (Wildman–Crippen MR) is 73.5 cm³/mol. The zero-order valence-electron chi connectivity index (χ0n) is 9.89. The Bertz CT molecular complexity index is 688. The van der Waals surface area contributed by atoms with Crippen molar-refractivity contribution in [1.82, 2.24) is 0 Å². The van der Waals surface area contributed by atoms with Gasteiger partial charge in [0, 0.05) is 12.0 Å². The number of rotatable bonds is 3. The van der Waals surface area contributed by atoms with E-state index in [-0.39, 0.29) is 27.0 Å². The highest BCUT2D eigenvalue weighted by Crippen LogP contribution is 2.25. The fraction of sp³-hybridized carbons (Fsp3) is 0.0714. The van der Waals surface area contributed by atoms with Gasteiger partial charge in [0.05, 0.1) is 9.50 Å². The van der Waals surface area contributed by atoms with E-state index in [4.69, 9.17) is 11.6 Å². The van der Waals surface area contributed by atoms with Gasteiger partial charge >= 0.3 is 0 Å². The Kier molecular flexibility index (Phi) is 4.50. The summed E-state index contributed by atoms with van der Waals surface area (Å²) in [6, 6.07) is 6.27. The molecule has 2 aromatic rings. The molecule has 2 aromatic carbocycles. The molecule has 1 nitrogen and oxygen atoms in total. The molecule has 0 fully saturated rings. The van der Waals surface area contributed by atoms with Gasteiger partial charge in [-0.1, -0.05) is 23.7 Å². The van der Waals surface area contributed by atoms with Gasteiger partial charge in [0.25, 0.3) is 0 Å². The molecule has 0 saturated heterocycles. The van der Waals surface area contributed by atoms with Crippen LogP contribution in [0.4, 0.5) is 13.2 Å². The summed E-state index contributed by atoms with van der Waals surface area (Å²) in [6.45, 7) is 0. The van der Waals surface area contributed by atoms with Crippen molar-refractivity contribution in [3.8, 4) is 0 Å². The van der Waals surface area contributed by atoms with Crippen molar-refractivity contribution in [2.75, 3.05) is 0 Å². The number of carbonyl (C=O) groups excluding carboxylic acids is 1. The van der Waals surface area contributed by atoms with E-state index in [1.807, 2.05) is 0 Å². The smallest absolute Gasteiger partial charge is 0.173 e. The summed E-state index contributed by atoms with van der Waals surface area (Å²) in [6.07, 6.45) is -0.296. The molecule has 0 spiro atoms. The van der Waals surface area contributed by atoms with E-state index in [1.54, 1.807) is 0 Å². The lowest BCUT2D eigenvalue weighted by Crippen LogP contribution is -2.08. The van der Waals surface area contributed by atoms with E-state index in [0.717, 1.165) is 12.1 Å². The Hall–Kier alpha value is -1.33. The van der Waals surface area contributed by atoms with Crippen molar-refractivity contribution in [1.29, 1.82) is 0 Å². The fourth-order valence-corrected chi connectivity index (χ4v) is 2.43. The quantitative estimate of drug-likeness (QED) is 0.557. The molecule has 0 heterocycles. The summed E-state index contributed by atoms with van der Waals surface area (Å²) < 4.78 is 39.8. The van der Waals surface area contributed by atoms with E-state index < -0.39 is 23.2 Å². The second-order valence-corrected chi connectivity index (χ2v) is 5.24. The van der Waals surface area contributed by atoms with Crippen LogP contribution in [0.1, 0.15) is 15.9 Å². The van der Waals surface area contributed by atoms with E-state index >= 15 is 0 Å². The molecule has 0 aliphatic heterocycles. The van der Waals surface area contributed by atoms with Gasteiger partial charge in [0.2, 0.25) is 0 Å². The fourth-order valence-electron chi connectivity index (χ4n) is 1.69. The minimum Gasteiger partial charge on any atom is -0.294 e. The van der Waals surface area contributed by atoms with Crippen LogP contribution in [0, 0.1) is 17.5 Å². The summed E-state index contributed by atoms with van der Waals surface area (Å²) in [7, 11) is 0. The van der Waals surface area contributed by atoms with Crippen molar-refractivity contribution in [2.24, 2.45) is 0 Å². The molecular formula is C14H7BrClF3O. The van der Waals surface area contributed by atoms with Gasteiger partial charge in [0.1, 0.15) is 5.82 Å². The standard InChI is InChI=1S/C14H7BrClF3O/c15-12-8(4-5-10(17)14(12)19)11(20)6-7-2-1-3-9(16)13(7)18/h1-5H,6H2. The molecule has 0 saturated carbocycles. The predicted octanol–water partition coefficient (Wildman–Crippen LogP) is 4.95. The molecule has 0 amide bonds. The molecule has 6 heteroatoms. The Morgan fingerprint density at radius 3 is 2.50 bits per heavy atom. The summed E-state index contributed by atoms with van der Waals surface area (Å²) in [5.74, 6) is -3.46. The Morgan fingerprint density at radius 2 is 1.80 bits per heavy atom. The van der Waals surface area contributed by atoms with Gasteiger partial charge in [-0.3, -0.25) is 4.79 Å². The molecule has 0 aromatic heterocycles. The van der Waals surface area contributed by atoms with Gasteiger partial charge in [-0.15, -0.1) is 0 Å². The van der Waals surface area contributed by atoms with Crippen LogP contribution < -0.4 is 0 Å². The number of hydrogen-bond donors (Lipinski definition) is 0. The maximum Gasteiger partial charge on any atom is 0.173 e. The molecule has 0 atom stereocenters. The topological polar surface area (TPSA) is 17.1 Å². The van der Waals surface area contributed by atoms with Crippen molar-refractivity contribution in [2.45, 2.75) is 6.42 Å². The Labute approximate surface area is 126 Å². The molecule has 0 N–H and O–H groups in total. The van der Waals surface area contributed by atoms with Crippen LogP contribution in [0.2, 0.25) is 5.02 Å². The van der Waals surface area contributed by atoms with Crippen molar-refractivity contribution in [3.05, 3.63) is 68.4 Å². The molecule has 0 aliphatic carbocycles. The van der Waals surface area contributed by atoms with Crippen LogP contribution in [0.3, 0.4) is 0 Å². The van der Waals surface area contributed by atoms with Gasteiger partial charge in [-0.05, 0) is 39.7 Å². The molecule has 2 rings (SSSR count). The highest BCUT2D eigenvalue weighted by Gasteiger charge is 2.18. The molecule has 0 bridgehead atoms. The number of carbonyl (C=O) groups is 1. The summed E-state index contributed by atoms with van der Waals surface area (Å²) in [5, 5.41) is -0.0975. The third-order valence-corrected chi connectivity index (χ3v) is 3.79. The van der Waals surface area contributed by atoms with Crippen LogP contribution in [0.5, 0.6) is 0 Å². The monoisotopic (exact) mass is 362 g/mol. The SMILES string of the molecule is O=C(Cc1cccc(Cl)c1F)c1ccc(F)c(F)c1Br. The first-order valence-corrected chi connectivity index (χ1v) is 6.68. The average molecular weight is 364 g/mol. The summed E-state index contributed by atoms with van der Waals surface area (Å²) >= 11 is 8.44. The summed E-state index contributed by atoms with van der Waals surface area (Å²) in [5.41, 5.74) is 0.0439.